The largest absolute Gasteiger partial charge is 0.383 e. The first-order valence-corrected chi connectivity index (χ1v) is 8.28. The molecule has 0 saturated heterocycles. The van der Waals surface area contributed by atoms with E-state index in [9.17, 15) is 8.78 Å². The first kappa shape index (κ1) is 16.8. The van der Waals surface area contributed by atoms with E-state index >= 15 is 0 Å². The number of aromatic nitrogens is 5. The molecule has 4 aromatic rings. The summed E-state index contributed by atoms with van der Waals surface area (Å²) in [5, 5.41) is 18.3. The molecule has 0 aliphatic rings. The van der Waals surface area contributed by atoms with Gasteiger partial charge in [0.1, 0.15) is 11.3 Å². The molecule has 0 saturated carbocycles. The summed E-state index contributed by atoms with van der Waals surface area (Å²) in [4.78, 5) is 3.97. The van der Waals surface area contributed by atoms with Crippen LogP contribution < -0.4 is 10.6 Å². The molecule has 2 aromatic carbocycles. The number of nitrogens with zero attached hydrogens (tertiary/aromatic N) is 5. The Morgan fingerprint density at radius 2 is 1.78 bits per heavy atom. The van der Waals surface area contributed by atoms with Gasteiger partial charge in [0.2, 0.25) is 5.95 Å². The molecule has 136 valence electrons. The minimum absolute atomic E-state index is 0.127. The minimum atomic E-state index is -0.686. The molecular weight excluding hydrogens is 352 g/mol. The summed E-state index contributed by atoms with van der Waals surface area (Å²) < 4.78 is 29.0. The molecule has 9 heteroatoms. The van der Waals surface area contributed by atoms with E-state index in [2.05, 4.69) is 31.1 Å². The summed E-state index contributed by atoms with van der Waals surface area (Å²) in [7, 11) is 0. The quantitative estimate of drug-likeness (QED) is 0.510. The summed E-state index contributed by atoms with van der Waals surface area (Å²) in [6.07, 6.45) is 1.48. The average Bonchev–Trinajstić information content (AvgIpc) is 3.15. The molecule has 0 aliphatic carbocycles. The van der Waals surface area contributed by atoms with Crippen molar-refractivity contribution in [2.24, 2.45) is 0 Å². The van der Waals surface area contributed by atoms with E-state index < -0.39 is 11.6 Å². The van der Waals surface area contributed by atoms with Crippen molar-refractivity contribution < 1.29 is 8.78 Å². The molecule has 2 heterocycles. The van der Waals surface area contributed by atoms with Gasteiger partial charge in [0.05, 0.1) is 5.69 Å². The van der Waals surface area contributed by atoms with Crippen LogP contribution in [0.1, 0.15) is 0 Å². The van der Waals surface area contributed by atoms with Crippen molar-refractivity contribution in [3.05, 3.63) is 66.4 Å². The van der Waals surface area contributed by atoms with E-state index in [1.54, 1.807) is 10.7 Å². The number of rotatable bonds is 6. The molecule has 0 unspecified atom stereocenters. The lowest BCUT2D eigenvalue weighted by Gasteiger charge is -2.11. The van der Waals surface area contributed by atoms with Gasteiger partial charge in [0.25, 0.3) is 0 Å². The Kier molecular flexibility index (Phi) is 4.56. The van der Waals surface area contributed by atoms with Crippen molar-refractivity contribution in [3.63, 3.8) is 0 Å². The lowest BCUT2D eigenvalue weighted by atomic mass is 10.1. The molecule has 27 heavy (non-hydrogen) atoms. The second-order valence-corrected chi connectivity index (χ2v) is 5.75. The predicted molar refractivity (Wildman–Crippen MR) is 97.8 cm³/mol. The molecule has 0 amide bonds. The highest BCUT2D eigenvalue weighted by molar-refractivity contribution is 5.91. The number of anilines is 2. The fourth-order valence-electron chi connectivity index (χ4n) is 2.74. The van der Waals surface area contributed by atoms with Crippen molar-refractivity contribution in [1.29, 1.82) is 0 Å². The van der Waals surface area contributed by atoms with Crippen LogP contribution in [-0.2, 0) is 0 Å². The van der Waals surface area contributed by atoms with E-state index in [0.717, 1.165) is 11.8 Å². The SMILES string of the molecule is Fc1cc(F)c2nccc(NCCNc3nnnn3-c3ccccc3)c2c1. The zero-order valence-electron chi connectivity index (χ0n) is 14.1. The molecule has 7 nitrogen and oxygen atoms in total. The van der Waals surface area contributed by atoms with Crippen molar-refractivity contribution in [1.82, 2.24) is 25.2 Å². The van der Waals surface area contributed by atoms with Crippen LogP contribution in [0.15, 0.2) is 54.7 Å². The van der Waals surface area contributed by atoms with Crippen LogP contribution in [0.3, 0.4) is 0 Å². The van der Waals surface area contributed by atoms with Gasteiger partial charge in [0.15, 0.2) is 5.82 Å². The third kappa shape index (κ3) is 3.52. The summed E-state index contributed by atoms with van der Waals surface area (Å²) in [5.41, 5.74) is 1.56. The van der Waals surface area contributed by atoms with Gasteiger partial charge < -0.3 is 10.6 Å². The smallest absolute Gasteiger partial charge is 0.247 e. The van der Waals surface area contributed by atoms with Crippen LogP contribution >= 0.6 is 0 Å². The molecule has 0 fully saturated rings. The molecule has 2 N–H and O–H groups in total. The number of para-hydroxylation sites is 1. The normalized spacial score (nSPS) is 10.9. The van der Waals surface area contributed by atoms with Gasteiger partial charge in [-0.1, -0.05) is 23.3 Å². The molecule has 0 radical (unpaired) electrons. The minimum Gasteiger partial charge on any atom is -0.383 e. The van der Waals surface area contributed by atoms with Crippen LogP contribution in [0.2, 0.25) is 0 Å². The van der Waals surface area contributed by atoms with E-state index in [1.807, 2.05) is 30.3 Å². The molecule has 2 aromatic heterocycles. The van der Waals surface area contributed by atoms with Crippen LogP contribution in [0.4, 0.5) is 20.4 Å². The molecule has 0 aliphatic heterocycles. The Hall–Kier alpha value is -3.62. The standard InChI is InChI=1S/C18H15F2N7/c19-12-10-14-16(6-7-22-17(14)15(20)11-12)21-8-9-23-18-24-25-26-27(18)13-4-2-1-3-5-13/h1-7,10-11H,8-9H2,(H,21,22)(H,23,24,26). The highest BCUT2D eigenvalue weighted by Crippen LogP contribution is 2.24. The van der Waals surface area contributed by atoms with Gasteiger partial charge in [-0.15, -0.1) is 0 Å². The maximum absolute atomic E-state index is 13.8. The second-order valence-electron chi connectivity index (χ2n) is 5.75. The number of hydrogen-bond donors (Lipinski definition) is 2. The third-order valence-corrected chi connectivity index (χ3v) is 3.96. The van der Waals surface area contributed by atoms with Gasteiger partial charge in [0, 0.05) is 36.4 Å². The summed E-state index contributed by atoms with van der Waals surface area (Å²) in [5.74, 6) is -0.829. The number of fused-ring (bicyclic) bond motifs is 1. The molecule has 0 spiro atoms. The lowest BCUT2D eigenvalue weighted by molar-refractivity contribution is 0.590. The number of halogens is 2. The van der Waals surface area contributed by atoms with E-state index in [1.165, 1.54) is 12.3 Å². The highest BCUT2D eigenvalue weighted by Gasteiger charge is 2.10. The van der Waals surface area contributed by atoms with Gasteiger partial charge >= 0.3 is 0 Å². The van der Waals surface area contributed by atoms with Crippen molar-refractivity contribution in [2.75, 3.05) is 23.7 Å². The van der Waals surface area contributed by atoms with Crippen LogP contribution in [0.25, 0.3) is 16.6 Å². The van der Waals surface area contributed by atoms with Crippen LogP contribution in [0, 0.1) is 11.6 Å². The number of hydrogen-bond acceptors (Lipinski definition) is 6. The Morgan fingerprint density at radius 1 is 0.963 bits per heavy atom. The summed E-state index contributed by atoms with van der Waals surface area (Å²) >= 11 is 0. The number of nitrogens with one attached hydrogen (secondary N) is 2. The first-order chi connectivity index (χ1) is 13.2. The number of pyridine rings is 1. The molecular formula is C18H15F2N7. The zero-order chi connectivity index (χ0) is 18.6. The monoisotopic (exact) mass is 367 g/mol. The average molecular weight is 367 g/mol. The molecule has 4 rings (SSSR count). The van der Waals surface area contributed by atoms with Crippen molar-refractivity contribution in [2.45, 2.75) is 0 Å². The fourth-order valence-corrected chi connectivity index (χ4v) is 2.74. The predicted octanol–water partition coefficient (Wildman–Crippen LogP) is 3.01. The van der Waals surface area contributed by atoms with E-state index in [0.29, 0.717) is 30.1 Å². The highest BCUT2D eigenvalue weighted by atomic mass is 19.1. The zero-order valence-corrected chi connectivity index (χ0v) is 14.1. The summed E-state index contributed by atoms with van der Waals surface area (Å²) in [6.45, 7) is 0.980. The van der Waals surface area contributed by atoms with Gasteiger partial charge in [-0.05, 0) is 34.7 Å². The number of tetrazole rings is 1. The van der Waals surface area contributed by atoms with Crippen LogP contribution in [-0.4, -0.2) is 38.3 Å². The molecule has 0 atom stereocenters. The number of benzene rings is 2. The lowest BCUT2D eigenvalue weighted by Crippen LogP contribution is -2.16. The van der Waals surface area contributed by atoms with Gasteiger partial charge in [-0.25, -0.2) is 8.78 Å². The topological polar surface area (TPSA) is 80.6 Å². The van der Waals surface area contributed by atoms with Crippen molar-refractivity contribution in [3.8, 4) is 5.69 Å². The van der Waals surface area contributed by atoms with Gasteiger partial charge in [-0.3, -0.25) is 4.98 Å². The maximum atomic E-state index is 13.8. The third-order valence-electron chi connectivity index (χ3n) is 3.96. The van der Waals surface area contributed by atoms with Gasteiger partial charge in [-0.2, -0.15) is 4.68 Å². The second kappa shape index (κ2) is 7.32. The Labute approximate surface area is 153 Å². The Balaban J connectivity index is 1.44. The van der Waals surface area contributed by atoms with Crippen LogP contribution in [0.5, 0.6) is 0 Å². The Morgan fingerprint density at radius 3 is 2.63 bits per heavy atom. The Bertz CT molecular complexity index is 1070. The van der Waals surface area contributed by atoms with E-state index in [4.69, 9.17) is 0 Å². The van der Waals surface area contributed by atoms with Crippen molar-refractivity contribution >= 4 is 22.5 Å². The first-order valence-electron chi connectivity index (χ1n) is 8.28. The maximum Gasteiger partial charge on any atom is 0.247 e. The van der Waals surface area contributed by atoms with E-state index in [-0.39, 0.29) is 5.52 Å². The summed E-state index contributed by atoms with van der Waals surface area (Å²) in [6, 6.07) is 13.3. The fraction of sp³-hybridized carbons (Fsp3) is 0.111. The molecule has 0 bridgehead atoms.